The maximum absolute atomic E-state index is 11.8. The molecular weight excluding hydrogens is 180 g/mol. The number of methoxy groups -OCH3 is 1. The normalized spacial score (nSPS) is 77.0. The van der Waals surface area contributed by atoms with Crippen molar-refractivity contribution in [3.05, 3.63) is 0 Å². The number of rotatable bonds is 2. The highest BCUT2D eigenvalue weighted by atomic mass is 16.5. The minimum absolute atomic E-state index is 0.0206. The average Bonchev–Trinajstić information content (AvgIpc) is 2.27. The van der Waals surface area contributed by atoms with Crippen LogP contribution in [0, 0.1) is 46.3 Å². The fourth-order valence-electron chi connectivity index (χ4n) is 6.75. The number of hydrogen-bond donors (Lipinski definition) is 1. The molecule has 0 saturated heterocycles. The molecular formula is C11H12O3. The summed E-state index contributed by atoms with van der Waals surface area (Å²) >= 11 is 0. The van der Waals surface area contributed by atoms with Crippen molar-refractivity contribution in [2.45, 2.75) is 0 Å². The van der Waals surface area contributed by atoms with Gasteiger partial charge in [0.1, 0.15) is 0 Å². The summed E-state index contributed by atoms with van der Waals surface area (Å²) in [6.07, 6.45) is 0. The van der Waals surface area contributed by atoms with E-state index in [1.165, 1.54) is 7.11 Å². The quantitative estimate of drug-likeness (QED) is 0.621. The average molecular weight is 192 g/mol. The number of carbonyl (C=O) groups excluding carboxylic acids is 1. The van der Waals surface area contributed by atoms with E-state index in [-0.39, 0.29) is 16.8 Å². The molecule has 74 valence electrons. The van der Waals surface area contributed by atoms with Crippen molar-refractivity contribution in [1.82, 2.24) is 0 Å². The Balaban J connectivity index is 1.63. The maximum atomic E-state index is 11.8. The van der Waals surface area contributed by atoms with Crippen molar-refractivity contribution in [3.8, 4) is 0 Å². The molecule has 0 aromatic carbocycles. The van der Waals surface area contributed by atoms with Crippen LogP contribution in [0.2, 0.25) is 0 Å². The van der Waals surface area contributed by atoms with Gasteiger partial charge in [0.15, 0.2) is 0 Å². The predicted octanol–water partition coefficient (Wildman–Crippen LogP) is -0.110. The lowest BCUT2D eigenvalue weighted by molar-refractivity contribution is -0.647. The molecule has 0 aliphatic heterocycles. The van der Waals surface area contributed by atoms with Crippen molar-refractivity contribution in [2.75, 3.05) is 13.7 Å². The van der Waals surface area contributed by atoms with Crippen molar-refractivity contribution in [3.63, 3.8) is 0 Å². The molecule has 3 nitrogen and oxygen atoms in total. The Morgan fingerprint density at radius 3 is 2.50 bits per heavy atom. The highest BCUT2D eigenvalue weighted by Crippen LogP contribution is 3.10. The molecule has 0 aromatic heterocycles. The van der Waals surface area contributed by atoms with E-state index in [2.05, 4.69) is 0 Å². The van der Waals surface area contributed by atoms with Crippen LogP contribution < -0.4 is 0 Å². The van der Waals surface area contributed by atoms with Crippen LogP contribution in [0.3, 0.4) is 0 Å². The third kappa shape index (κ3) is 0.251. The number of carbonyl (C=O) groups is 1. The van der Waals surface area contributed by atoms with Gasteiger partial charge in [0.2, 0.25) is 0 Å². The fourth-order valence-corrected chi connectivity index (χ4v) is 6.75. The second-order valence-corrected chi connectivity index (χ2v) is 5.86. The number of aliphatic hydroxyl groups is 1. The van der Waals surface area contributed by atoms with Gasteiger partial charge in [-0.1, -0.05) is 0 Å². The molecule has 0 unspecified atom stereocenters. The Bertz CT molecular complexity index is 381. The molecule has 0 amide bonds. The van der Waals surface area contributed by atoms with E-state index in [0.29, 0.717) is 24.4 Å². The molecule has 3 heteroatoms. The van der Waals surface area contributed by atoms with E-state index < -0.39 is 0 Å². The van der Waals surface area contributed by atoms with Crippen molar-refractivity contribution >= 4 is 5.97 Å². The molecule has 0 aromatic rings. The van der Waals surface area contributed by atoms with Gasteiger partial charge >= 0.3 is 5.97 Å². The first-order chi connectivity index (χ1) is 6.77. The summed E-state index contributed by atoms with van der Waals surface area (Å²) in [4.78, 5) is 11.8. The molecule has 6 aliphatic carbocycles. The molecule has 6 saturated carbocycles. The molecule has 1 N–H and O–H groups in total. The zero-order valence-corrected chi connectivity index (χ0v) is 7.93. The van der Waals surface area contributed by atoms with Gasteiger partial charge in [-0.15, -0.1) is 0 Å². The SMILES string of the molecule is COC(=O)C12C3[C@@H]4C5[C@@H]3[C@H]1C5(CO)[C@H]42. The number of ether oxygens (including phenoxy) is 1. The maximum Gasteiger partial charge on any atom is 0.312 e. The molecule has 0 spiro atoms. The van der Waals surface area contributed by atoms with Gasteiger partial charge in [-0.05, 0) is 35.5 Å². The van der Waals surface area contributed by atoms with E-state index in [1.54, 1.807) is 0 Å². The van der Waals surface area contributed by atoms with E-state index in [4.69, 9.17) is 4.74 Å². The monoisotopic (exact) mass is 192 g/mol. The molecule has 14 heavy (non-hydrogen) atoms. The lowest BCUT2D eigenvalue weighted by Crippen LogP contribution is -3.11. The van der Waals surface area contributed by atoms with Crippen LogP contribution in [-0.2, 0) is 9.53 Å². The van der Waals surface area contributed by atoms with Gasteiger partial charge in [0.25, 0.3) is 0 Å². The lowest BCUT2D eigenvalue weighted by atomic mass is 8.92. The molecule has 0 bridgehead atoms. The van der Waals surface area contributed by atoms with E-state index in [9.17, 15) is 9.90 Å². The summed E-state index contributed by atoms with van der Waals surface area (Å²) in [6.45, 7) is 0.311. The predicted molar refractivity (Wildman–Crippen MR) is 44.9 cm³/mol. The first kappa shape index (κ1) is 6.83. The molecule has 0 heterocycles. The molecule has 0 radical (unpaired) electrons. The van der Waals surface area contributed by atoms with Gasteiger partial charge in [-0.3, -0.25) is 4.79 Å². The minimum atomic E-state index is -0.0818. The first-order valence-electron chi connectivity index (χ1n) is 5.47. The third-order valence-electron chi connectivity index (χ3n) is 6.60. The van der Waals surface area contributed by atoms with Crippen LogP contribution in [0.15, 0.2) is 0 Å². The topological polar surface area (TPSA) is 46.5 Å². The van der Waals surface area contributed by atoms with E-state index >= 15 is 0 Å². The van der Waals surface area contributed by atoms with Crippen LogP contribution in [0.25, 0.3) is 0 Å². The summed E-state index contributed by atoms with van der Waals surface area (Å²) in [5.41, 5.74) is 0.125. The second-order valence-electron chi connectivity index (χ2n) is 5.86. The molecule has 6 rings (SSSR count). The number of esters is 1. The Kier molecular flexibility index (Phi) is 0.668. The molecule has 6 fully saturated rings. The Labute approximate surface area is 81.4 Å². The highest BCUT2D eigenvalue weighted by molar-refractivity contribution is 5.88. The van der Waals surface area contributed by atoms with Gasteiger partial charge in [-0.25, -0.2) is 0 Å². The Hall–Kier alpha value is -0.570. The standard InChI is InChI=1S/C11H12O3/c1-14-9(13)11-6-3-5-4(6)8(11)10(5,2-12)7(3)11/h3-8,12H,2H2,1H3/t3-,4-,5?,6?,7-,8-,10?,11?/m0/s1. The van der Waals surface area contributed by atoms with Crippen molar-refractivity contribution in [1.29, 1.82) is 0 Å². The van der Waals surface area contributed by atoms with Gasteiger partial charge in [-0.2, -0.15) is 0 Å². The summed E-state index contributed by atoms with van der Waals surface area (Å²) in [7, 11) is 1.50. The van der Waals surface area contributed by atoms with Crippen molar-refractivity contribution < 1.29 is 14.6 Å². The highest BCUT2D eigenvalue weighted by Gasteiger charge is 3.11. The van der Waals surface area contributed by atoms with Crippen LogP contribution in [-0.4, -0.2) is 24.8 Å². The number of hydrogen-bond acceptors (Lipinski definition) is 3. The molecule has 6 aliphatic rings. The van der Waals surface area contributed by atoms with Gasteiger partial charge in [0.05, 0.1) is 12.5 Å². The summed E-state index contributed by atoms with van der Waals surface area (Å²) in [5.74, 6) is 4.12. The second kappa shape index (κ2) is 1.37. The first-order valence-corrected chi connectivity index (χ1v) is 5.47. The van der Waals surface area contributed by atoms with Gasteiger partial charge < -0.3 is 9.84 Å². The van der Waals surface area contributed by atoms with Crippen LogP contribution >= 0.6 is 0 Å². The fraction of sp³-hybridized carbons (Fsp3) is 0.909. The number of aliphatic hydroxyl groups excluding tert-OH is 1. The lowest BCUT2D eigenvalue weighted by Gasteiger charge is -3.10. The molecule has 4 atom stereocenters. The Morgan fingerprint density at radius 2 is 2.00 bits per heavy atom. The third-order valence-corrected chi connectivity index (χ3v) is 6.60. The van der Waals surface area contributed by atoms with Gasteiger partial charge in [0, 0.05) is 12.0 Å². The van der Waals surface area contributed by atoms with E-state index in [1.807, 2.05) is 0 Å². The van der Waals surface area contributed by atoms with Crippen LogP contribution in [0.4, 0.5) is 0 Å². The summed E-state index contributed by atoms with van der Waals surface area (Å²) in [5, 5.41) is 9.43. The Morgan fingerprint density at radius 1 is 1.36 bits per heavy atom. The largest absolute Gasteiger partial charge is 0.469 e. The van der Waals surface area contributed by atoms with E-state index in [0.717, 1.165) is 17.8 Å². The summed E-state index contributed by atoms with van der Waals surface area (Å²) in [6, 6.07) is 0. The minimum Gasteiger partial charge on any atom is -0.469 e. The zero-order chi connectivity index (χ0) is 9.46. The van der Waals surface area contributed by atoms with Crippen LogP contribution in [0.1, 0.15) is 0 Å². The van der Waals surface area contributed by atoms with Crippen LogP contribution in [0.5, 0.6) is 0 Å². The smallest absolute Gasteiger partial charge is 0.312 e. The summed E-state index contributed by atoms with van der Waals surface area (Å²) < 4.78 is 4.93. The zero-order valence-electron chi connectivity index (χ0n) is 7.93. The van der Waals surface area contributed by atoms with Crippen molar-refractivity contribution in [2.24, 2.45) is 46.3 Å².